The molecule has 1 nitrogen and oxygen atoms in total. The maximum absolute atomic E-state index is 3.73. The van der Waals surface area contributed by atoms with Gasteiger partial charge in [0, 0.05) is 23.7 Å². The molecule has 3 heteroatoms. The van der Waals surface area contributed by atoms with Gasteiger partial charge in [-0.1, -0.05) is 29.8 Å². The average molecular weight is 266 g/mol. The van der Waals surface area contributed by atoms with Gasteiger partial charge in [-0.05, 0) is 24.6 Å². The fourth-order valence-electron chi connectivity index (χ4n) is 1.74. The van der Waals surface area contributed by atoms with E-state index >= 15 is 0 Å². The van der Waals surface area contributed by atoms with Gasteiger partial charge in [0.15, 0.2) is 0 Å². The summed E-state index contributed by atoms with van der Waals surface area (Å²) in [6.45, 7) is 8.42. The fourth-order valence-corrected chi connectivity index (χ4v) is 2.79. The molecule has 0 saturated carbocycles. The van der Waals surface area contributed by atoms with Crippen LogP contribution in [0.15, 0.2) is 0 Å². The summed E-state index contributed by atoms with van der Waals surface area (Å²) in [6, 6.07) is 0. The summed E-state index contributed by atoms with van der Waals surface area (Å²) in [6.07, 6.45) is 1.32. The molecule has 0 spiro atoms. The summed E-state index contributed by atoms with van der Waals surface area (Å²) in [4.78, 5) is 3.35. The van der Waals surface area contributed by atoms with E-state index in [9.17, 15) is 0 Å². The molecule has 0 N–H and O–H groups in total. The molecular weight excluding hydrogens is 246 g/mol. The van der Waals surface area contributed by atoms with Gasteiger partial charge >= 0.3 is 0 Å². The zero-order valence-corrected chi connectivity index (χ0v) is 11.0. The van der Waals surface area contributed by atoms with E-state index in [0.29, 0.717) is 0 Å². The van der Waals surface area contributed by atoms with Crippen LogP contribution in [0, 0.1) is 5.92 Å². The van der Waals surface area contributed by atoms with Crippen molar-refractivity contribution in [3.8, 4) is 0 Å². The van der Waals surface area contributed by atoms with Crippen LogP contribution in [0.25, 0.3) is 0 Å². The first-order valence-electron chi connectivity index (χ1n) is 5.18. The van der Waals surface area contributed by atoms with Gasteiger partial charge in [0.25, 0.3) is 0 Å². The maximum atomic E-state index is 3.73. The second kappa shape index (κ2) is 6.31. The largest absolute Gasteiger partial charge is 0.302 e. The van der Waals surface area contributed by atoms with Crippen molar-refractivity contribution in [2.75, 3.05) is 31.1 Å². The Labute approximate surface area is 94.8 Å². The predicted molar refractivity (Wildman–Crippen MR) is 65.9 cm³/mol. The van der Waals surface area contributed by atoms with E-state index in [1.165, 1.54) is 37.6 Å². The van der Waals surface area contributed by atoms with Gasteiger partial charge in [-0.25, -0.2) is 0 Å². The molecule has 2 atom stereocenters. The normalized spacial score (nSPS) is 30.7. The van der Waals surface area contributed by atoms with Crippen LogP contribution in [-0.4, -0.2) is 40.9 Å². The summed E-state index contributed by atoms with van der Waals surface area (Å²) >= 11 is 5.78. The van der Waals surface area contributed by atoms with Gasteiger partial charge in [0.1, 0.15) is 0 Å². The fraction of sp³-hybridized carbons (Fsp3) is 1.00. The Balaban J connectivity index is 2.14. The lowest BCUT2D eigenvalue weighted by Gasteiger charge is -2.34. The third kappa shape index (κ3) is 4.22. The predicted octanol–water partition coefficient (Wildman–Crippen LogP) is 2.84. The van der Waals surface area contributed by atoms with E-state index in [0.717, 1.165) is 10.7 Å². The van der Waals surface area contributed by atoms with E-state index in [1.54, 1.807) is 0 Å². The molecule has 0 bridgehead atoms. The minimum Gasteiger partial charge on any atom is -0.302 e. The number of hydrogen-bond donors (Lipinski definition) is 0. The highest BCUT2D eigenvalue weighted by Gasteiger charge is 2.23. The monoisotopic (exact) mass is 265 g/mol. The van der Waals surface area contributed by atoms with Gasteiger partial charge in [0.05, 0.1) is 0 Å². The molecule has 78 valence electrons. The van der Waals surface area contributed by atoms with Crippen molar-refractivity contribution in [1.29, 1.82) is 0 Å². The van der Waals surface area contributed by atoms with Crippen LogP contribution < -0.4 is 0 Å². The van der Waals surface area contributed by atoms with E-state index in [4.69, 9.17) is 0 Å². The molecule has 0 amide bonds. The van der Waals surface area contributed by atoms with Gasteiger partial charge in [0.2, 0.25) is 0 Å². The van der Waals surface area contributed by atoms with Gasteiger partial charge in [-0.15, -0.1) is 0 Å². The molecule has 13 heavy (non-hydrogen) atoms. The van der Waals surface area contributed by atoms with Gasteiger partial charge in [-0.3, -0.25) is 0 Å². The first kappa shape index (κ1) is 11.9. The summed E-state index contributed by atoms with van der Waals surface area (Å²) in [5, 5.41) is 0. The smallest absolute Gasteiger partial charge is 0.0195 e. The first-order valence-corrected chi connectivity index (χ1v) is 7.25. The van der Waals surface area contributed by atoms with Crippen molar-refractivity contribution < 1.29 is 0 Å². The highest BCUT2D eigenvalue weighted by atomic mass is 79.9. The Morgan fingerprint density at radius 2 is 2.31 bits per heavy atom. The second-order valence-electron chi connectivity index (χ2n) is 3.78. The molecule has 1 rings (SSSR count). The molecule has 0 aliphatic carbocycles. The minimum absolute atomic E-state index is 0.752. The Morgan fingerprint density at radius 3 is 2.92 bits per heavy atom. The summed E-state index contributed by atoms with van der Waals surface area (Å²) in [5.74, 6) is 3.38. The van der Waals surface area contributed by atoms with E-state index in [1.807, 2.05) is 0 Å². The molecule has 0 aromatic heterocycles. The molecule has 0 aromatic carbocycles. The van der Waals surface area contributed by atoms with Crippen LogP contribution in [0.5, 0.6) is 0 Å². The molecule has 0 radical (unpaired) electrons. The maximum Gasteiger partial charge on any atom is 0.0195 e. The lowest BCUT2D eigenvalue weighted by molar-refractivity contribution is 0.202. The zero-order valence-electron chi connectivity index (χ0n) is 8.63. The molecule has 0 aromatic rings. The third-order valence-corrected chi connectivity index (χ3v) is 4.88. The molecule has 2 unspecified atom stereocenters. The number of hydrogen-bond acceptors (Lipinski definition) is 2. The molecule has 1 fully saturated rings. The van der Waals surface area contributed by atoms with Crippen LogP contribution in [0.2, 0.25) is 0 Å². The van der Waals surface area contributed by atoms with Crippen molar-refractivity contribution in [2.45, 2.75) is 25.1 Å². The van der Waals surface area contributed by atoms with E-state index in [-0.39, 0.29) is 0 Å². The first-order chi connectivity index (χ1) is 6.24. The number of likely N-dealkylation sites (tertiary alicyclic amines) is 1. The third-order valence-electron chi connectivity index (χ3n) is 2.64. The minimum atomic E-state index is 0.752. The van der Waals surface area contributed by atoms with Crippen LogP contribution in [0.3, 0.4) is 0 Å². The standard InChI is InChI=1S/C10H20BrNS/c1-3-13-7-6-12-5-4-10(11)9(2)8-12/h9-10H,3-8H2,1-2H3. The highest BCUT2D eigenvalue weighted by molar-refractivity contribution is 9.09. The molecule has 1 aliphatic rings. The van der Waals surface area contributed by atoms with Crippen LogP contribution >= 0.6 is 27.7 Å². The van der Waals surface area contributed by atoms with Crippen LogP contribution in [0.1, 0.15) is 20.3 Å². The number of nitrogens with zero attached hydrogens (tertiary/aromatic N) is 1. The Morgan fingerprint density at radius 1 is 1.54 bits per heavy atom. The van der Waals surface area contributed by atoms with E-state index in [2.05, 4.69) is 46.4 Å². The zero-order chi connectivity index (χ0) is 9.68. The summed E-state index contributed by atoms with van der Waals surface area (Å²) in [7, 11) is 0. The van der Waals surface area contributed by atoms with Crippen LogP contribution in [0.4, 0.5) is 0 Å². The average Bonchev–Trinajstić information content (AvgIpc) is 2.12. The molecule has 1 heterocycles. The quantitative estimate of drug-likeness (QED) is 0.568. The second-order valence-corrected chi connectivity index (χ2v) is 6.35. The Hall–Kier alpha value is 0.790. The van der Waals surface area contributed by atoms with Crippen molar-refractivity contribution >= 4 is 27.7 Å². The van der Waals surface area contributed by atoms with Gasteiger partial charge < -0.3 is 4.90 Å². The number of thioether (sulfide) groups is 1. The number of alkyl halides is 1. The Kier molecular flexibility index (Phi) is 5.75. The van der Waals surface area contributed by atoms with Crippen molar-refractivity contribution in [3.63, 3.8) is 0 Å². The number of halogens is 1. The molecule has 1 saturated heterocycles. The molecule has 1 aliphatic heterocycles. The van der Waals surface area contributed by atoms with E-state index < -0.39 is 0 Å². The highest BCUT2D eigenvalue weighted by Crippen LogP contribution is 2.23. The molecular formula is C10H20BrNS. The SMILES string of the molecule is CCSCCN1CCC(Br)C(C)C1. The van der Waals surface area contributed by atoms with Crippen molar-refractivity contribution in [2.24, 2.45) is 5.92 Å². The Bertz CT molecular complexity index is 143. The lowest BCUT2D eigenvalue weighted by atomic mass is 10.0. The topological polar surface area (TPSA) is 3.24 Å². The number of piperidine rings is 1. The summed E-state index contributed by atoms with van der Waals surface area (Å²) < 4.78 is 0. The number of rotatable bonds is 4. The van der Waals surface area contributed by atoms with Gasteiger partial charge in [-0.2, -0.15) is 11.8 Å². The van der Waals surface area contributed by atoms with Crippen LogP contribution in [-0.2, 0) is 0 Å². The summed E-state index contributed by atoms with van der Waals surface area (Å²) in [5.41, 5.74) is 0. The van der Waals surface area contributed by atoms with Crippen molar-refractivity contribution in [1.82, 2.24) is 4.90 Å². The lowest BCUT2D eigenvalue weighted by Crippen LogP contribution is -2.40. The van der Waals surface area contributed by atoms with Crippen molar-refractivity contribution in [3.05, 3.63) is 0 Å².